The van der Waals surface area contributed by atoms with Gasteiger partial charge >= 0.3 is 6.09 Å². The minimum absolute atomic E-state index is 0.0242. The van der Waals surface area contributed by atoms with Crippen molar-refractivity contribution in [2.75, 3.05) is 32.8 Å². The number of carbonyl (C=O) groups excluding carboxylic acids is 12. The molecule has 35 nitrogen and oxygen atoms in total. The molecule has 0 saturated carbocycles. The summed E-state index contributed by atoms with van der Waals surface area (Å²) in [5, 5.41) is 41.5. The Labute approximate surface area is 727 Å². The van der Waals surface area contributed by atoms with Crippen LogP contribution >= 0.6 is 0 Å². The van der Waals surface area contributed by atoms with Crippen LogP contribution < -0.4 is 74.7 Å². The van der Waals surface area contributed by atoms with E-state index < -0.39 is 203 Å². The van der Waals surface area contributed by atoms with E-state index in [0.717, 1.165) is 0 Å². The number of nitrogens with zero attached hydrogens (tertiary/aromatic N) is 4. The van der Waals surface area contributed by atoms with Crippen LogP contribution in [-0.2, 0) is 84.2 Å². The summed E-state index contributed by atoms with van der Waals surface area (Å²) in [6.45, 7) is 25.7. The Hall–Kier alpha value is -11.8. The maximum atomic E-state index is 15.4. The zero-order valence-corrected chi connectivity index (χ0v) is 75.1. The number of unbranched alkanes of at least 4 members (excludes halogenated alkanes) is 2. The van der Waals surface area contributed by atoms with Gasteiger partial charge in [0.1, 0.15) is 70.8 Å². The van der Waals surface area contributed by atoms with Crippen molar-refractivity contribution >= 4 is 87.1 Å². The first-order chi connectivity index (χ1) is 58.2. The van der Waals surface area contributed by atoms with Gasteiger partial charge in [0.15, 0.2) is 0 Å². The molecule has 678 valence electrons. The van der Waals surface area contributed by atoms with Gasteiger partial charge in [0.2, 0.25) is 70.9 Å². The Morgan fingerprint density at radius 2 is 1.12 bits per heavy atom. The molecule has 4 aromatic carbocycles. The SMILES string of the molecule is C#CC[C@H](NC(=O)[C@H](CCC(=O)NC(c1ccccc1)(c1ccccc1)c1ccccc1)NC(=O)[C@@H](NC(=O)[C@H](COC(C)(C)C)NC(=O)[C@H](CCCCN=[N+]=[N-])NC(=O)CNC(=O)[C@H](CCCCNC(=O)OC(C)(C)C)NC(C)=O)[C@@H](C)CC)C(=O)N[C@@H](CC(C)C)C(=O)N[C@@H](CCCN(C(=N)N)S(=O)(=O)c1c(C)c(C)c2c(c1C)CC(C)(C)O2)C(N)=O. The van der Waals surface area contributed by atoms with Crippen molar-refractivity contribution in [3.8, 4) is 18.1 Å². The van der Waals surface area contributed by atoms with Crippen molar-refractivity contribution in [2.45, 2.75) is 276 Å². The van der Waals surface area contributed by atoms with Gasteiger partial charge in [-0.15, -0.1) is 12.3 Å². The lowest BCUT2D eigenvalue weighted by atomic mass is 9.77. The number of carbonyl (C=O) groups is 12. The number of terminal acetylenes is 1. The van der Waals surface area contributed by atoms with Crippen molar-refractivity contribution in [3.05, 3.63) is 140 Å². The lowest BCUT2D eigenvalue weighted by Crippen LogP contribution is -2.61. The third kappa shape index (κ3) is 31.5. The number of amides is 12. The second kappa shape index (κ2) is 47.7. The van der Waals surface area contributed by atoms with E-state index in [-0.39, 0.29) is 75.3 Å². The van der Waals surface area contributed by atoms with E-state index in [2.05, 4.69) is 74.4 Å². The van der Waals surface area contributed by atoms with Gasteiger partial charge in [-0.2, -0.15) is 0 Å². The van der Waals surface area contributed by atoms with E-state index in [1.54, 1.807) is 90.0 Å². The normalized spacial score (nSPS) is 14.5. The Morgan fingerprint density at radius 3 is 1.64 bits per heavy atom. The lowest BCUT2D eigenvalue weighted by Gasteiger charge is -2.37. The summed E-state index contributed by atoms with van der Waals surface area (Å²) in [7, 11) is -4.52. The second-order valence-corrected chi connectivity index (χ2v) is 35.9. The summed E-state index contributed by atoms with van der Waals surface area (Å²) in [6.07, 6.45) is 5.11. The summed E-state index contributed by atoms with van der Waals surface area (Å²) in [6, 6.07) is 15.4. The molecule has 0 spiro atoms. The first-order valence-electron chi connectivity index (χ1n) is 41.9. The number of hydrogen-bond acceptors (Lipinski definition) is 19. The van der Waals surface area contributed by atoms with Crippen LogP contribution in [0.4, 0.5) is 4.79 Å². The minimum atomic E-state index is -4.52. The van der Waals surface area contributed by atoms with Gasteiger partial charge in [0, 0.05) is 56.3 Å². The largest absolute Gasteiger partial charge is 0.487 e. The number of alkyl carbamates (subject to hydrolysis) is 1. The number of nitrogens with one attached hydrogen (secondary N) is 12. The predicted molar refractivity (Wildman–Crippen MR) is 468 cm³/mol. The molecule has 0 unspecified atom stereocenters. The molecule has 0 saturated heterocycles. The molecule has 36 heteroatoms. The first-order valence-corrected chi connectivity index (χ1v) is 43.3. The number of guanidine groups is 1. The Balaban J connectivity index is 1.47. The van der Waals surface area contributed by atoms with Crippen LogP contribution in [0.25, 0.3) is 10.4 Å². The molecule has 16 N–H and O–H groups in total. The third-order valence-corrected chi connectivity index (χ3v) is 22.8. The van der Waals surface area contributed by atoms with E-state index >= 15 is 19.2 Å². The zero-order valence-electron chi connectivity index (χ0n) is 74.2. The summed E-state index contributed by atoms with van der Waals surface area (Å²) in [5.74, 6) is -8.58. The quantitative estimate of drug-likeness (QED) is 0.00328. The summed E-state index contributed by atoms with van der Waals surface area (Å²) >= 11 is 0. The fraction of sp³-hybridized carbons (Fsp3) is 0.557. The van der Waals surface area contributed by atoms with Crippen molar-refractivity contribution < 1.29 is 80.2 Å². The Bertz CT molecular complexity index is 4510. The number of benzene rings is 4. The monoisotopic (exact) mass is 1740 g/mol. The smallest absolute Gasteiger partial charge is 0.407 e. The number of rotatable bonds is 48. The van der Waals surface area contributed by atoms with Gasteiger partial charge in [0.25, 0.3) is 10.0 Å². The standard InChI is InChI=1S/C88H128N18O17S/c1-18-34-64(77(112)101-68(49-53(3)4)80(115)98-63(75(89)110)43-33-48-106(83(90)91)124(119,120)74-56(7)55(6)73-62(57(74)8)50-87(16,17)122-73)99-79(114)67(44-45-70(108)104-88(59-35-23-20-24-36-59,60-37-25-21-26-38-60)61-39-27-22-28-40-61)100-82(117)72(54(5)19-2)103-81(116)69(52-121-85(10,11)12)102-78(113)66(42-30-32-47-95-105-92)97-71(109)51-94-76(111)65(96-58(9)107)41-29-31-46-93-84(118)123-86(13,14)15/h1,20-28,35-40,53-54,63-69,72H,19,29-34,41-52H2,2-17H3,(H2,89,110)(H3,90,91)(H,93,118)(H,94,111)(H,96,107)(H,97,109)(H,98,115)(H,99,114)(H,100,117)(H,101,112)(H,102,113)(H,103,116)(H,104,108)/t54-,63-,64-,65-,66-,67-,68-,69-,72-/m0/s1. The predicted octanol–water partition coefficient (Wildman–Crippen LogP) is 6.48. The van der Waals surface area contributed by atoms with Crippen molar-refractivity contribution in [2.24, 2.45) is 28.4 Å². The summed E-state index contributed by atoms with van der Waals surface area (Å²) in [5.41, 5.74) is 21.3. The fourth-order valence-electron chi connectivity index (χ4n) is 14.2. The number of primary amides is 1. The molecule has 0 fully saturated rings. The van der Waals surface area contributed by atoms with Crippen molar-refractivity contribution in [3.63, 3.8) is 0 Å². The number of hydrogen-bond donors (Lipinski definition) is 14. The number of azide groups is 1. The molecule has 12 amide bonds. The highest BCUT2D eigenvalue weighted by atomic mass is 32.2. The molecule has 0 radical (unpaired) electrons. The second-order valence-electron chi connectivity index (χ2n) is 34.1. The van der Waals surface area contributed by atoms with E-state index in [1.807, 2.05) is 105 Å². The molecule has 0 aliphatic carbocycles. The molecule has 1 aliphatic heterocycles. The number of ether oxygens (including phenoxy) is 3. The Morgan fingerprint density at radius 1 is 0.621 bits per heavy atom. The van der Waals surface area contributed by atoms with Crippen molar-refractivity contribution in [1.82, 2.24) is 62.8 Å². The molecular weight excluding hydrogens is 1610 g/mol. The van der Waals surface area contributed by atoms with Gasteiger partial charge in [-0.05, 0) is 185 Å². The highest BCUT2D eigenvalue weighted by Crippen LogP contribution is 2.45. The zero-order chi connectivity index (χ0) is 92.6. The molecule has 4 aromatic rings. The molecule has 124 heavy (non-hydrogen) atoms. The number of nitrogens with two attached hydrogens (primary N) is 2. The molecular formula is C88H128N18O17S. The fourth-order valence-corrected chi connectivity index (χ4v) is 16.1. The van der Waals surface area contributed by atoms with E-state index in [4.69, 9.17) is 43.0 Å². The van der Waals surface area contributed by atoms with Crippen LogP contribution in [0, 0.1) is 50.4 Å². The number of sulfonamides is 1. The topological polar surface area (TPSA) is 527 Å². The van der Waals surface area contributed by atoms with Gasteiger partial charge in [0.05, 0.1) is 23.6 Å². The van der Waals surface area contributed by atoms with Crippen LogP contribution in [0.5, 0.6) is 5.75 Å². The van der Waals surface area contributed by atoms with E-state index in [1.165, 1.54) is 6.92 Å². The maximum Gasteiger partial charge on any atom is 0.407 e. The number of fused-ring (bicyclic) bond motifs is 1. The third-order valence-electron chi connectivity index (χ3n) is 20.7. The van der Waals surface area contributed by atoms with E-state index in [0.29, 0.717) is 68.3 Å². The maximum absolute atomic E-state index is 15.4. The van der Waals surface area contributed by atoms with Crippen LogP contribution in [0.1, 0.15) is 212 Å². The van der Waals surface area contributed by atoms with Gasteiger partial charge < -0.3 is 84.2 Å². The van der Waals surface area contributed by atoms with Crippen molar-refractivity contribution in [1.29, 1.82) is 5.41 Å². The van der Waals surface area contributed by atoms with Crippen LogP contribution in [0.2, 0.25) is 0 Å². The average molecular weight is 1740 g/mol. The summed E-state index contributed by atoms with van der Waals surface area (Å²) < 4.78 is 47.4. The lowest BCUT2D eigenvalue weighted by molar-refractivity contribution is -0.138. The van der Waals surface area contributed by atoms with E-state index in [9.17, 15) is 46.8 Å². The van der Waals surface area contributed by atoms with Crippen LogP contribution in [0.3, 0.4) is 0 Å². The average Bonchev–Trinajstić information content (AvgIpc) is 1.50. The highest BCUT2D eigenvalue weighted by molar-refractivity contribution is 7.89. The molecule has 5 rings (SSSR count). The van der Waals surface area contributed by atoms with Crippen LogP contribution in [0.15, 0.2) is 101 Å². The van der Waals surface area contributed by atoms with Crippen LogP contribution in [-0.4, -0.2) is 188 Å². The Kier molecular flexibility index (Phi) is 39.5. The molecule has 9 atom stereocenters. The molecule has 0 bridgehead atoms. The van der Waals surface area contributed by atoms with Gasteiger partial charge in [-0.25, -0.2) is 17.5 Å². The summed E-state index contributed by atoms with van der Waals surface area (Å²) in [4.78, 5) is 173. The molecule has 1 heterocycles. The molecule has 1 aliphatic rings. The van der Waals surface area contributed by atoms with Gasteiger partial charge in [-0.3, -0.25) is 58.1 Å². The minimum Gasteiger partial charge on any atom is -0.487 e. The highest BCUT2D eigenvalue weighted by Gasteiger charge is 2.43. The molecule has 0 aromatic heterocycles. The van der Waals surface area contributed by atoms with Gasteiger partial charge in [-0.1, -0.05) is 137 Å². The first kappa shape index (κ1) is 103.